The lowest BCUT2D eigenvalue weighted by Crippen LogP contribution is -2.57. The molecule has 2 atom stereocenters. The van der Waals surface area contributed by atoms with Crippen LogP contribution in [0, 0.1) is 11.3 Å². The Morgan fingerprint density at radius 1 is 1.38 bits per heavy atom. The summed E-state index contributed by atoms with van der Waals surface area (Å²) in [5.74, 6) is -0.403. The minimum absolute atomic E-state index is 0.103. The molecule has 0 radical (unpaired) electrons. The maximum atomic E-state index is 12.2. The van der Waals surface area contributed by atoms with Gasteiger partial charge in [-0.25, -0.2) is 4.79 Å². The van der Waals surface area contributed by atoms with E-state index in [9.17, 15) is 14.4 Å². The highest BCUT2D eigenvalue weighted by Crippen LogP contribution is 2.45. The van der Waals surface area contributed by atoms with Gasteiger partial charge < -0.3 is 20.6 Å². The molecular weight excluding hydrogens is 274 g/mol. The zero-order chi connectivity index (χ0) is 15.0. The molecule has 0 aromatic heterocycles. The summed E-state index contributed by atoms with van der Waals surface area (Å²) in [5, 5.41) is 14.8. The summed E-state index contributed by atoms with van der Waals surface area (Å²) in [7, 11) is 0. The summed E-state index contributed by atoms with van der Waals surface area (Å²) in [5.41, 5.74) is -0.729. The van der Waals surface area contributed by atoms with Gasteiger partial charge in [0, 0.05) is 32.1 Å². The molecule has 2 unspecified atom stereocenters. The number of piperidine rings is 2. The molecule has 3 fully saturated rings. The maximum Gasteiger partial charge on any atom is 0.317 e. The number of urea groups is 1. The van der Waals surface area contributed by atoms with E-state index in [4.69, 9.17) is 5.11 Å². The second kappa shape index (κ2) is 5.20. The van der Waals surface area contributed by atoms with E-state index >= 15 is 0 Å². The number of hydrogen-bond donors (Lipinski definition) is 3. The van der Waals surface area contributed by atoms with Gasteiger partial charge in [0.1, 0.15) is 0 Å². The predicted molar refractivity (Wildman–Crippen MR) is 73.5 cm³/mol. The van der Waals surface area contributed by atoms with E-state index in [2.05, 4.69) is 10.6 Å². The molecule has 0 aromatic carbocycles. The molecule has 0 bridgehead atoms. The minimum atomic E-state index is -0.823. The van der Waals surface area contributed by atoms with Crippen LogP contribution in [0.25, 0.3) is 0 Å². The molecule has 7 heteroatoms. The first-order valence-electron chi connectivity index (χ1n) is 7.56. The van der Waals surface area contributed by atoms with Crippen molar-refractivity contribution in [2.75, 3.05) is 19.6 Å². The third-order valence-electron chi connectivity index (χ3n) is 4.99. The molecule has 3 amide bonds. The Morgan fingerprint density at radius 2 is 2.14 bits per heavy atom. The number of hydrogen-bond acceptors (Lipinski definition) is 3. The highest BCUT2D eigenvalue weighted by Gasteiger charge is 2.50. The molecule has 2 aliphatic heterocycles. The van der Waals surface area contributed by atoms with Gasteiger partial charge in [-0.3, -0.25) is 9.59 Å². The molecular formula is C14H21N3O4. The molecule has 3 rings (SSSR count). The van der Waals surface area contributed by atoms with Crippen molar-refractivity contribution in [1.29, 1.82) is 0 Å². The third kappa shape index (κ3) is 2.82. The zero-order valence-electron chi connectivity index (χ0n) is 11.9. The molecule has 1 aliphatic carbocycles. The number of nitrogens with one attached hydrogen (secondary N) is 2. The number of aliphatic carboxylic acids is 1. The first kappa shape index (κ1) is 14.2. The van der Waals surface area contributed by atoms with E-state index in [0.29, 0.717) is 38.3 Å². The summed E-state index contributed by atoms with van der Waals surface area (Å²) in [6, 6.07) is 0.00182. The van der Waals surface area contributed by atoms with E-state index < -0.39 is 11.4 Å². The van der Waals surface area contributed by atoms with Crippen LogP contribution in [0.4, 0.5) is 4.79 Å². The van der Waals surface area contributed by atoms with E-state index in [0.717, 1.165) is 12.8 Å². The van der Waals surface area contributed by atoms with E-state index in [-0.39, 0.29) is 24.5 Å². The van der Waals surface area contributed by atoms with Crippen LogP contribution < -0.4 is 10.6 Å². The monoisotopic (exact) mass is 295 g/mol. The number of carbonyl (C=O) groups is 3. The topological polar surface area (TPSA) is 98.7 Å². The van der Waals surface area contributed by atoms with Gasteiger partial charge in [0.15, 0.2) is 0 Å². The number of nitrogens with zero attached hydrogens (tertiary/aromatic N) is 1. The SMILES string of the molecule is O=C1CCC2CN(C(=O)NCC3(C(=O)O)CC3)CCC2N1. The average Bonchev–Trinajstić information content (AvgIpc) is 3.25. The van der Waals surface area contributed by atoms with Crippen LogP contribution in [0.3, 0.4) is 0 Å². The number of likely N-dealkylation sites (tertiary alicyclic amines) is 1. The molecule has 1 saturated carbocycles. The Bertz CT molecular complexity index is 475. The van der Waals surface area contributed by atoms with Gasteiger partial charge in [-0.2, -0.15) is 0 Å². The van der Waals surface area contributed by atoms with Gasteiger partial charge in [-0.05, 0) is 31.6 Å². The summed E-state index contributed by atoms with van der Waals surface area (Å²) < 4.78 is 0. The fourth-order valence-electron chi connectivity index (χ4n) is 3.27. The van der Waals surface area contributed by atoms with Gasteiger partial charge in [0.05, 0.1) is 5.41 Å². The van der Waals surface area contributed by atoms with Crippen molar-refractivity contribution >= 4 is 17.9 Å². The number of carboxylic acid groups (broad SMARTS) is 1. The molecule has 2 heterocycles. The quantitative estimate of drug-likeness (QED) is 0.690. The maximum absolute atomic E-state index is 12.2. The van der Waals surface area contributed by atoms with Crippen molar-refractivity contribution in [2.24, 2.45) is 11.3 Å². The Kier molecular flexibility index (Phi) is 3.51. The fraction of sp³-hybridized carbons (Fsp3) is 0.786. The largest absolute Gasteiger partial charge is 0.481 e. The number of rotatable bonds is 3. The second-order valence-corrected chi connectivity index (χ2v) is 6.45. The molecule has 2 saturated heterocycles. The number of amides is 3. The Hall–Kier alpha value is -1.79. The van der Waals surface area contributed by atoms with Gasteiger partial charge in [-0.15, -0.1) is 0 Å². The lowest BCUT2D eigenvalue weighted by Gasteiger charge is -2.41. The minimum Gasteiger partial charge on any atom is -0.481 e. The Balaban J connectivity index is 1.50. The Labute approximate surface area is 123 Å². The summed E-state index contributed by atoms with van der Waals surface area (Å²) in [6.07, 6.45) is 3.39. The van der Waals surface area contributed by atoms with Gasteiger partial charge in [0.25, 0.3) is 0 Å². The standard InChI is InChI=1S/C14H21N3O4/c18-11-2-1-9-7-17(6-3-10(9)16-11)13(21)15-8-14(4-5-14)12(19)20/h9-10H,1-8H2,(H,15,21)(H,16,18)(H,19,20). The van der Waals surface area contributed by atoms with Crippen LogP contribution in [-0.2, 0) is 9.59 Å². The van der Waals surface area contributed by atoms with Gasteiger partial charge >= 0.3 is 12.0 Å². The second-order valence-electron chi connectivity index (χ2n) is 6.45. The van der Waals surface area contributed by atoms with E-state index in [1.54, 1.807) is 4.90 Å². The van der Waals surface area contributed by atoms with Crippen molar-refractivity contribution in [1.82, 2.24) is 15.5 Å². The van der Waals surface area contributed by atoms with Crippen LogP contribution in [0.2, 0.25) is 0 Å². The van der Waals surface area contributed by atoms with E-state index in [1.807, 2.05) is 0 Å². The van der Waals surface area contributed by atoms with Crippen LogP contribution in [0.1, 0.15) is 32.1 Å². The summed E-state index contributed by atoms with van der Waals surface area (Å²) >= 11 is 0. The highest BCUT2D eigenvalue weighted by molar-refractivity contribution is 5.80. The van der Waals surface area contributed by atoms with Crippen LogP contribution in [-0.4, -0.2) is 53.6 Å². The highest BCUT2D eigenvalue weighted by atomic mass is 16.4. The normalized spacial score (nSPS) is 30.1. The predicted octanol–water partition coefficient (Wildman–Crippen LogP) is 0.161. The molecule has 0 spiro atoms. The van der Waals surface area contributed by atoms with E-state index in [1.165, 1.54) is 0 Å². The van der Waals surface area contributed by atoms with Crippen LogP contribution in [0.15, 0.2) is 0 Å². The van der Waals surface area contributed by atoms with Crippen molar-refractivity contribution in [2.45, 2.75) is 38.1 Å². The molecule has 3 aliphatic rings. The number of fused-ring (bicyclic) bond motifs is 1. The number of carbonyl (C=O) groups excluding carboxylic acids is 2. The molecule has 21 heavy (non-hydrogen) atoms. The van der Waals surface area contributed by atoms with Crippen LogP contribution in [0.5, 0.6) is 0 Å². The third-order valence-corrected chi connectivity index (χ3v) is 4.99. The van der Waals surface area contributed by atoms with Crippen LogP contribution >= 0.6 is 0 Å². The average molecular weight is 295 g/mol. The summed E-state index contributed by atoms with van der Waals surface area (Å²) in [6.45, 7) is 1.45. The molecule has 0 aromatic rings. The van der Waals surface area contributed by atoms with Crippen molar-refractivity contribution in [3.8, 4) is 0 Å². The lowest BCUT2D eigenvalue weighted by atomic mass is 9.85. The van der Waals surface area contributed by atoms with Crippen molar-refractivity contribution < 1.29 is 19.5 Å². The molecule has 3 N–H and O–H groups in total. The van der Waals surface area contributed by atoms with Crippen molar-refractivity contribution in [3.05, 3.63) is 0 Å². The number of carboxylic acids is 1. The van der Waals surface area contributed by atoms with Gasteiger partial charge in [-0.1, -0.05) is 0 Å². The molecule has 116 valence electrons. The van der Waals surface area contributed by atoms with Gasteiger partial charge in [0.2, 0.25) is 5.91 Å². The fourth-order valence-corrected chi connectivity index (χ4v) is 3.27. The lowest BCUT2D eigenvalue weighted by molar-refractivity contribution is -0.143. The molecule has 7 nitrogen and oxygen atoms in total. The zero-order valence-corrected chi connectivity index (χ0v) is 11.9. The first-order chi connectivity index (χ1) is 10.00. The Morgan fingerprint density at radius 3 is 2.81 bits per heavy atom. The van der Waals surface area contributed by atoms with Crippen molar-refractivity contribution in [3.63, 3.8) is 0 Å². The first-order valence-corrected chi connectivity index (χ1v) is 7.56. The summed E-state index contributed by atoms with van der Waals surface area (Å²) in [4.78, 5) is 36.4. The smallest absolute Gasteiger partial charge is 0.317 e.